The van der Waals surface area contributed by atoms with Gasteiger partial charge in [0.25, 0.3) is 0 Å². The summed E-state index contributed by atoms with van der Waals surface area (Å²) in [6.45, 7) is -0.837. The Balaban J connectivity index is 5.41. The van der Waals surface area contributed by atoms with E-state index in [1.165, 1.54) is 38.5 Å². The lowest BCUT2D eigenvalue weighted by molar-refractivity contribution is -0.172. The summed E-state index contributed by atoms with van der Waals surface area (Å²) in [6.07, 6.45) is 10.9. The van der Waals surface area contributed by atoms with Gasteiger partial charge in [-0.25, -0.2) is 0 Å². The molecule has 0 aliphatic rings. The lowest BCUT2D eigenvalue weighted by Crippen LogP contribution is -2.48. The van der Waals surface area contributed by atoms with Gasteiger partial charge in [-0.05, 0) is 57.3 Å². The quantitative estimate of drug-likeness (QED) is 0.0407. The summed E-state index contributed by atoms with van der Waals surface area (Å²) in [4.78, 5) is 13.5. The Morgan fingerprint density at radius 3 is 1.65 bits per heavy atom. The Labute approximate surface area is 240 Å². The fourth-order valence-electron chi connectivity index (χ4n) is 5.22. The molecule has 0 fully saturated rings. The van der Waals surface area contributed by atoms with Crippen molar-refractivity contribution >= 4 is 5.97 Å². The Morgan fingerprint density at radius 1 is 0.675 bits per heavy atom. The van der Waals surface area contributed by atoms with E-state index in [-0.39, 0.29) is 19.3 Å². The van der Waals surface area contributed by atoms with Gasteiger partial charge < -0.3 is 45.6 Å². The minimum Gasteiger partial charge on any atom is -0.462 e. The predicted octanol–water partition coefficient (Wildman–Crippen LogP) is 1.97. The first-order valence-electron chi connectivity index (χ1n) is 15.2. The van der Waals surface area contributed by atoms with Crippen LogP contribution in [0.5, 0.6) is 0 Å². The van der Waals surface area contributed by atoms with Gasteiger partial charge in [-0.15, -0.1) is 0 Å². The van der Waals surface area contributed by atoms with Gasteiger partial charge in [-0.2, -0.15) is 0 Å². The third-order valence-corrected chi connectivity index (χ3v) is 7.51. The van der Waals surface area contributed by atoms with E-state index < -0.39 is 74.8 Å². The third-order valence-electron chi connectivity index (χ3n) is 7.51. The van der Waals surface area contributed by atoms with E-state index in [0.29, 0.717) is 12.8 Å². The standard InChI is InChI=1S/C30H58O10/c1-2-3-4-5-6-7-8-9-10-11-12-13-14-15-24(16-25(35)19-31)30(17-26(36)20-32,18-27(37)21-33)29(39)40-23-28(38)22-34/h9-10,24-28,31-38H,2-8,11-23H2,1H3/b10-9-. The van der Waals surface area contributed by atoms with Crippen molar-refractivity contribution in [2.24, 2.45) is 11.3 Å². The number of unbranched alkanes of at least 4 members (excludes halogenated alkanes) is 9. The van der Waals surface area contributed by atoms with Crippen LogP contribution in [-0.4, -0.2) is 104 Å². The molecule has 10 nitrogen and oxygen atoms in total. The monoisotopic (exact) mass is 578 g/mol. The summed E-state index contributed by atoms with van der Waals surface area (Å²) in [5.41, 5.74) is -1.63. The molecule has 0 bridgehead atoms. The van der Waals surface area contributed by atoms with E-state index >= 15 is 0 Å². The number of aliphatic hydroxyl groups excluding tert-OH is 8. The minimum atomic E-state index is -1.63. The molecule has 0 aromatic rings. The number of carbonyl (C=O) groups is 1. The summed E-state index contributed by atoms with van der Waals surface area (Å²) in [6, 6.07) is 0. The molecule has 0 aliphatic carbocycles. The van der Waals surface area contributed by atoms with Crippen molar-refractivity contribution in [1.82, 2.24) is 0 Å². The van der Waals surface area contributed by atoms with Crippen molar-refractivity contribution in [2.45, 2.75) is 128 Å². The molecule has 238 valence electrons. The number of esters is 1. The molecule has 10 heteroatoms. The van der Waals surface area contributed by atoms with Crippen LogP contribution in [0.4, 0.5) is 0 Å². The maximum Gasteiger partial charge on any atom is 0.312 e. The average molecular weight is 579 g/mol. The van der Waals surface area contributed by atoms with E-state index in [9.17, 15) is 40.5 Å². The van der Waals surface area contributed by atoms with Gasteiger partial charge in [0.2, 0.25) is 0 Å². The van der Waals surface area contributed by atoms with E-state index in [2.05, 4.69) is 19.1 Å². The van der Waals surface area contributed by atoms with Crippen molar-refractivity contribution in [2.75, 3.05) is 33.0 Å². The highest BCUT2D eigenvalue weighted by Gasteiger charge is 2.49. The van der Waals surface area contributed by atoms with Gasteiger partial charge in [0.15, 0.2) is 0 Å². The number of ether oxygens (including phenoxy) is 1. The SMILES string of the molecule is CCCCCCCC/C=C\CCCCCC(CC(O)CO)C(CC(O)CO)(CC(O)CO)C(=O)OCC(O)CO. The molecule has 40 heavy (non-hydrogen) atoms. The molecule has 0 radical (unpaired) electrons. The second-order valence-electron chi connectivity index (χ2n) is 11.1. The van der Waals surface area contributed by atoms with E-state index in [1.54, 1.807) is 0 Å². The van der Waals surface area contributed by atoms with Crippen LogP contribution in [0, 0.1) is 11.3 Å². The maximum absolute atomic E-state index is 13.5. The van der Waals surface area contributed by atoms with Crippen molar-refractivity contribution in [3.8, 4) is 0 Å². The number of rotatable bonds is 27. The molecule has 0 amide bonds. The van der Waals surface area contributed by atoms with Crippen molar-refractivity contribution in [3.63, 3.8) is 0 Å². The minimum absolute atomic E-state index is 0.0391. The van der Waals surface area contributed by atoms with Gasteiger partial charge in [-0.3, -0.25) is 4.79 Å². The summed E-state index contributed by atoms with van der Waals surface area (Å²) < 4.78 is 5.28. The summed E-state index contributed by atoms with van der Waals surface area (Å²) >= 11 is 0. The van der Waals surface area contributed by atoms with Crippen LogP contribution in [0.15, 0.2) is 12.2 Å². The van der Waals surface area contributed by atoms with Crippen LogP contribution in [0.3, 0.4) is 0 Å². The van der Waals surface area contributed by atoms with Crippen LogP contribution in [0.2, 0.25) is 0 Å². The first kappa shape index (κ1) is 38.9. The maximum atomic E-state index is 13.5. The van der Waals surface area contributed by atoms with Crippen molar-refractivity contribution in [3.05, 3.63) is 12.2 Å². The molecule has 8 N–H and O–H groups in total. The van der Waals surface area contributed by atoms with E-state index in [0.717, 1.165) is 25.7 Å². The van der Waals surface area contributed by atoms with Crippen LogP contribution in [0.25, 0.3) is 0 Å². The summed E-state index contributed by atoms with van der Waals surface area (Å²) in [5, 5.41) is 78.5. The highest BCUT2D eigenvalue weighted by Crippen LogP contribution is 2.44. The van der Waals surface area contributed by atoms with Crippen LogP contribution < -0.4 is 0 Å². The smallest absolute Gasteiger partial charge is 0.312 e. The second kappa shape index (κ2) is 24.5. The first-order chi connectivity index (χ1) is 19.2. The molecule has 0 aromatic carbocycles. The summed E-state index contributed by atoms with van der Waals surface area (Å²) in [7, 11) is 0. The van der Waals surface area contributed by atoms with E-state index in [1.807, 2.05) is 0 Å². The Kier molecular flexibility index (Phi) is 23.8. The lowest BCUT2D eigenvalue weighted by atomic mass is 9.64. The zero-order chi connectivity index (χ0) is 30.2. The molecular weight excluding hydrogens is 520 g/mol. The number of hydrogen-bond donors (Lipinski definition) is 8. The average Bonchev–Trinajstić information content (AvgIpc) is 2.96. The topological polar surface area (TPSA) is 188 Å². The fraction of sp³-hybridized carbons (Fsp3) is 0.900. The second-order valence-corrected chi connectivity index (χ2v) is 11.1. The van der Waals surface area contributed by atoms with Gasteiger partial charge in [0, 0.05) is 0 Å². The van der Waals surface area contributed by atoms with Crippen molar-refractivity contribution < 1.29 is 50.4 Å². The third kappa shape index (κ3) is 17.0. The van der Waals surface area contributed by atoms with Crippen molar-refractivity contribution in [1.29, 1.82) is 0 Å². The van der Waals surface area contributed by atoms with Gasteiger partial charge in [0.1, 0.15) is 12.7 Å². The number of carbonyl (C=O) groups excluding carboxylic acids is 1. The highest BCUT2D eigenvalue weighted by atomic mass is 16.5. The van der Waals surface area contributed by atoms with E-state index in [4.69, 9.17) is 9.84 Å². The molecule has 0 spiro atoms. The van der Waals surface area contributed by atoms with Crippen LogP contribution >= 0.6 is 0 Å². The molecule has 0 rings (SSSR count). The molecule has 5 atom stereocenters. The highest BCUT2D eigenvalue weighted by molar-refractivity contribution is 5.77. The summed E-state index contributed by atoms with van der Waals surface area (Å²) in [5.74, 6) is -1.56. The Morgan fingerprint density at radius 2 is 1.15 bits per heavy atom. The van der Waals surface area contributed by atoms with Crippen LogP contribution in [0.1, 0.15) is 103 Å². The Hall–Kier alpha value is -1.11. The zero-order valence-electron chi connectivity index (χ0n) is 24.6. The lowest BCUT2D eigenvalue weighted by Gasteiger charge is -2.42. The molecular formula is C30H58O10. The molecule has 0 aliphatic heterocycles. The van der Waals surface area contributed by atoms with Crippen LogP contribution in [-0.2, 0) is 9.53 Å². The fourth-order valence-corrected chi connectivity index (χ4v) is 5.22. The van der Waals surface area contributed by atoms with Gasteiger partial charge >= 0.3 is 5.97 Å². The Bertz CT molecular complexity index is 618. The first-order valence-corrected chi connectivity index (χ1v) is 15.2. The predicted molar refractivity (Wildman–Crippen MR) is 153 cm³/mol. The molecule has 5 unspecified atom stereocenters. The van der Waals surface area contributed by atoms with Gasteiger partial charge in [-0.1, -0.05) is 64.0 Å². The largest absolute Gasteiger partial charge is 0.462 e. The molecule has 0 saturated carbocycles. The molecule has 0 heterocycles. The molecule has 0 aromatic heterocycles. The number of aliphatic hydroxyl groups is 8. The molecule has 0 saturated heterocycles. The normalized spacial score (nSPS) is 17.3. The zero-order valence-corrected chi connectivity index (χ0v) is 24.6. The number of allylic oxidation sites excluding steroid dienone is 2. The van der Waals surface area contributed by atoms with Gasteiger partial charge in [0.05, 0.1) is 50.2 Å². The number of hydrogen-bond acceptors (Lipinski definition) is 10.